The Morgan fingerprint density at radius 3 is 1.97 bits per heavy atom. The molecular formula is C24H22O6. The zero-order valence-corrected chi connectivity index (χ0v) is 16.8. The first kappa shape index (κ1) is 20.9. The van der Waals surface area contributed by atoms with Gasteiger partial charge in [-0.1, -0.05) is 24.3 Å². The van der Waals surface area contributed by atoms with Crippen molar-refractivity contribution in [2.75, 3.05) is 14.2 Å². The van der Waals surface area contributed by atoms with Crippen molar-refractivity contribution < 1.29 is 28.5 Å². The zero-order chi connectivity index (χ0) is 21.3. The van der Waals surface area contributed by atoms with Crippen molar-refractivity contribution in [3.63, 3.8) is 0 Å². The molecule has 154 valence electrons. The van der Waals surface area contributed by atoms with E-state index in [2.05, 4.69) is 0 Å². The number of methoxy groups -OCH3 is 2. The third-order valence-electron chi connectivity index (χ3n) is 4.49. The smallest absolute Gasteiger partial charge is 0.162 e. The van der Waals surface area contributed by atoms with E-state index in [1.54, 1.807) is 43.5 Å². The van der Waals surface area contributed by atoms with Gasteiger partial charge in [-0.15, -0.1) is 0 Å². The van der Waals surface area contributed by atoms with Crippen LogP contribution in [0.3, 0.4) is 0 Å². The Labute approximate surface area is 175 Å². The fraction of sp³-hybridized carbons (Fsp3) is 0.167. The van der Waals surface area contributed by atoms with Crippen molar-refractivity contribution in [2.45, 2.75) is 13.2 Å². The van der Waals surface area contributed by atoms with Gasteiger partial charge in [-0.25, -0.2) is 0 Å². The van der Waals surface area contributed by atoms with E-state index in [0.717, 1.165) is 23.7 Å². The fourth-order valence-electron chi connectivity index (χ4n) is 2.90. The number of ether oxygens (including phenoxy) is 4. The molecule has 0 aliphatic heterocycles. The summed E-state index contributed by atoms with van der Waals surface area (Å²) in [7, 11) is 3.08. The summed E-state index contributed by atoms with van der Waals surface area (Å²) in [5, 5.41) is 0. The molecule has 30 heavy (non-hydrogen) atoms. The molecule has 3 rings (SSSR count). The third kappa shape index (κ3) is 5.17. The van der Waals surface area contributed by atoms with Gasteiger partial charge in [0, 0.05) is 17.2 Å². The second-order valence-corrected chi connectivity index (χ2v) is 6.43. The maximum absolute atomic E-state index is 11.1. The lowest BCUT2D eigenvalue weighted by atomic mass is 10.1. The van der Waals surface area contributed by atoms with E-state index in [-0.39, 0.29) is 13.2 Å². The molecule has 0 fully saturated rings. The van der Waals surface area contributed by atoms with Crippen molar-refractivity contribution in [3.8, 4) is 23.0 Å². The normalized spacial score (nSPS) is 10.2. The summed E-state index contributed by atoms with van der Waals surface area (Å²) in [5.74, 6) is 2.12. The van der Waals surface area contributed by atoms with Gasteiger partial charge in [0.05, 0.1) is 14.2 Å². The second kappa shape index (κ2) is 10.1. The number of aldehydes is 2. The van der Waals surface area contributed by atoms with Gasteiger partial charge in [-0.2, -0.15) is 0 Å². The Kier molecular flexibility index (Phi) is 7.05. The van der Waals surface area contributed by atoms with Gasteiger partial charge in [0.2, 0.25) is 0 Å². The van der Waals surface area contributed by atoms with Crippen molar-refractivity contribution in [3.05, 3.63) is 82.9 Å². The van der Waals surface area contributed by atoms with Crippen LogP contribution >= 0.6 is 0 Å². The number of hydrogen-bond acceptors (Lipinski definition) is 6. The minimum atomic E-state index is 0.274. The lowest BCUT2D eigenvalue weighted by Crippen LogP contribution is -2.05. The van der Waals surface area contributed by atoms with Crippen LogP contribution in [0.2, 0.25) is 0 Å². The van der Waals surface area contributed by atoms with E-state index in [1.165, 1.54) is 7.11 Å². The van der Waals surface area contributed by atoms with Crippen LogP contribution < -0.4 is 18.9 Å². The molecule has 0 bridgehead atoms. The molecule has 0 saturated carbocycles. The van der Waals surface area contributed by atoms with Crippen LogP contribution in [-0.2, 0) is 13.2 Å². The third-order valence-corrected chi connectivity index (χ3v) is 4.49. The molecule has 0 heterocycles. The molecule has 0 saturated heterocycles. The van der Waals surface area contributed by atoms with Crippen molar-refractivity contribution in [1.29, 1.82) is 0 Å². The molecule has 0 amide bonds. The lowest BCUT2D eigenvalue weighted by molar-refractivity contribution is 0.111. The van der Waals surface area contributed by atoms with Crippen molar-refractivity contribution in [1.82, 2.24) is 0 Å². The van der Waals surface area contributed by atoms with Gasteiger partial charge in [0.15, 0.2) is 11.5 Å². The van der Waals surface area contributed by atoms with E-state index in [9.17, 15) is 9.59 Å². The summed E-state index contributed by atoms with van der Waals surface area (Å²) < 4.78 is 22.3. The Balaban J connectivity index is 1.74. The second-order valence-electron chi connectivity index (χ2n) is 6.43. The Bertz CT molecular complexity index is 1030. The number of rotatable bonds is 10. The molecule has 0 unspecified atom stereocenters. The van der Waals surface area contributed by atoms with Gasteiger partial charge in [0.1, 0.15) is 37.3 Å². The van der Waals surface area contributed by atoms with Crippen LogP contribution in [0.4, 0.5) is 0 Å². The van der Waals surface area contributed by atoms with E-state index in [1.807, 2.05) is 24.3 Å². The molecule has 0 aliphatic carbocycles. The molecule has 0 radical (unpaired) electrons. The maximum Gasteiger partial charge on any atom is 0.162 e. The molecule has 6 heteroatoms. The van der Waals surface area contributed by atoms with Gasteiger partial charge >= 0.3 is 0 Å². The van der Waals surface area contributed by atoms with Crippen molar-refractivity contribution in [2.24, 2.45) is 0 Å². The summed E-state index contributed by atoms with van der Waals surface area (Å²) in [4.78, 5) is 22.2. The molecular weight excluding hydrogens is 384 g/mol. The highest BCUT2D eigenvalue weighted by Crippen LogP contribution is 2.29. The van der Waals surface area contributed by atoms with E-state index < -0.39 is 0 Å². The van der Waals surface area contributed by atoms with E-state index in [4.69, 9.17) is 18.9 Å². The lowest BCUT2D eigenvalue weighted by Gasteiger charge is -2.15. The highest BCUT2D eigenvalue weighted by atomic mass is 16.5. The first-order valence-electron chi connectivity index (χ1n) is 9.26. The van der Waals surface area contributed by atoms with E-state index in [0.29, 0.717) is 34.1 Å². The van der Waals surface area contributed by atoms with Crippen molar-refractivity contribution >= 4 is 12.6 Å². The average Bonchev–Trinajstić information content (AvgIpc) is 2.81. The zero-order valence-electron chi connectivity index (χ0n) is 16.8. The molecule has 6 nitrogen and oxygen atoms in total. The summed E-state index contributed by atoms with van der Waals surface area (Å²) in [6.07, 6.45) is 1.51. The molecule has 0 aliphatic rings. The van der Waals surface area contributed by atoms with Crippen LogP contribution in [0.25, 0.3) is 0 Å². The quantitative estimate of drug-likeness (QED) is 0.462. The largest absolute Gasteiger partial charge is 0.497 e. The first-order chi connectivity index (χ1) is 14.7. The topological polar surface area (TPSA) is 71.1 Å². The van der Waals surface area contributed by atoms with Crippen LogP contribution in [0.5, 0.6) is 23.0 Å². The minimum absolute atomic E-state index is 0.274. The summed E-state index contributed by atoms with van der Waals surface area (Å²) in [6, 6.07) is 17.7. The fourth-order valence-corrected chi connectivity index (χ4v) is 2.90. The Morgan fingerprint density at radius 1 is 0.667 bits per heavy atom. The highest BCUT2D eigenvalue weighted by molar-refractivity contribution is 5.77. The first-order valence-corrected chi connectivity index (χ1v) is 9.26. The predicted octanol–water partition coefficient (Wildman–Crippen LogP) is 4.49. The van der Waals surface area contributed by atoms with Crippen LogP contribution in [-0.4, -0.2) is 26.8 Å². The Hall–Kier alpha value is -3.80. The highest BCUT2D eigenvalue weighted by Gasteiger charge is 2.09. The number of hydrogen-bond donors (Lipinski definition) is 0. The molecule has 0 N–H and O–H groups in total. The molecule has 0 atom stereocenters. The van der Waals surface area contributed by atoms with Gasteiger partial charge in [-0.3, -0.25) is 9.59 Å². The molecule has 0 aromatic heterocycles. The summed E-state index contributed by atoms with van der Waals surface area (Å²) in [6.45, 7) is 0.562. The number of benzene rings is 3. The summed E-state index contributed by atoms with van der Waals surface area (Å²) >= 11 is 0. The maximum atomic E-state index is 11.1. The molecule has 3 aromatic rings. The van der Waals surface area contributed by atoms with Gasteiger partial charge in [0.25, 0.3) is 0 Å². The summed E-state index contributed by atoms with van der Waals surface area (Å²) in [5.41, 5.74) is 2.84. The average molecular weight is 406 g/mol. The monoisotopic (exact) mass is 406 g/mol. The SMILES string of the molecule is COc1cc(C=O)cc(OCc2ccccc2COc2cc(C=O)ccc2OC)c1. The van der Waals surface area contributed by atoms with Crippen LogP contribution in [0.1, 0.15) is 31.8 Å². The standard InChI is InChI=1S/C24H22O6/c1-27-21-9-18(14-26)10-22(12-21)29-15-19-5-3-4-6-20(19)16-30-24-11-17(13-25)7-8-23(24)28-2/h3-14H,15-16H2,1-2H3. The van der Waals surface area contributed by atoms with Gasteiger partial charge < -0.3 is 18.9 Å². The van der Waals surface area contributed by atoms with Crippen LogP contribution in [0, 0.1) is 0 Å². The number of carbonyl (C=O) groups excluding carboxylic acids is 2. The Morgan fingerprint density at radius 2 is 1.33 bits per heavy atom. The van der Waals surface area contributed by atoms with E-state index >= 15 is 0 Å². The van der Waals surface area contributed by atoms with Crippen LogP contribution in [0.15, 0.2) is 60.7 Å². The minimum Gasteiger partial charge on any atom is -0.497 e. The molecule has 3 aromatic carbocycles. The predicted molar refractivity (Wildman–Crippen MR) is 112 cm³/mol. The molecule has 0 spiro atoms. The number of carbonyl (C=O) groups is 2. The van der Waals surface area contributed by atoms with Gasteiger partial charge in [-0.05, 0) is 41.5 Å².